The van der Waals surface area contributed by atoms with Crippen molar-refractivity contribution >= 4 is 101 Å². The number of hydrogen-bond acceptors (Lipinski definition) is 14. The summed E-state index contributed by atoms with van der Waals surface area (Å²) in [6.45, 7) is 6.03. The summed E-state index contributed by atoms with van der Waals surface area (Å²) in [4.78, 5) is 115. The number of aromatic nitrogens is 3. The Kier molecular flexibility index (Phi) is 18.6. The van der Waals surface area contributed by atoms with Gasteiger partial charge in [0.1, 0.15) is 18.1 Å². The summed E-state index contributed by atoms with van der Waals surface area (Å²) >= 11 is 5.65. The van der Waals surface area contributed by atoms with Crippen molar-refractivity contribution in [1.82, 2.24) is 13.7 Å². The lowest BCUT2D eigenvalue weighted by atomic mass is 9.97. The maximum absolute atomic E-state index is 13.1. The van der Waals surface area contributed by atoms with Gasteiger partial charge in [-0.1, -0.05) is 41.9 Å². The third-order valence-electron chi connectivity index (χ3n) is 13.0. The number of pyridine rings is 3. The van der Waals surface area contributed by atoms with Crippen molar-refractivity contribution < 1.29 is 46.6 Å². The zero-order valence-electron chi connectivity index (χ0n) is 43.5. The van der Waals surface area contributed by atoms with Crippen LogP contribution in [0.3, 0.4) is 0 Å². The first-order chi connectivity index (χ1) is 38.6. The van der Waals surface area contributed by atoms with Gasteiger partial charge in [0.2, 0.25) is 23.6 Å². The average Bonchev–Trinajstić information content (AvgIpc) is 3.60. The zero-order valence-corrected chi connectivity index (χ0v) is 44.2. The first-order valence-electron chi connectivity index (χ1n) is 24.1. The largest absolute Gasteiger partial charge is 0.431 e. The van der Waals surface area contributed by atoms with E-state index in [1.807, 2.05) is 0 Å². The Hall–Kier alpha value is -10.5. The lowest BCUT2D eigenvalue weighted by Crippen LogP contribution is -2.31. The summed E-state index contributed by atoms with van der Waals surface area (Å²) in [6, 6.07) is 25.4. The van der Waals surface area contributed by atoms with Gasteiger partial charge in [0.05, 0.1) is 54.2 Å². The van der Waals surface area contributed by atoms with Gasteiger partial charge in [0.25, 0.3) is 28.1 Å². The molecule has 0 fully saturated rings. The number of hydrogen-bond donors (Lipinski definition) is 5. The topological polar surface area (TPSA) is 367 Å². The fraction of sp³-hybridized carbons (Fsp3) is 0.164. The Morgan fingerprint density at radius 1 is 0.573 bits per heavy atom. The number of nitrogens with one attached hydrogen (secondary N) is 1. The van der Waals surface area contributed by atoms with Crippen molar-refractivity contribution in [1.29, 1.82) is 0 Å². The van der Waals surface area contributed by atoms with Gasteiger partial charge >= 0.3 is 11.8 Å². The number of nitrogens with zero attached hydrogens (tertiary/aromatic N) is 5. The molecule has 9 rings (SSSR count). The fourth-order valence-electron chi connectivity index (χ4n) is 8.20. The number of carbonyl (C=O) groups excluding carboxylic acids is 4. The monoisotopic (exact) mass is 1150 g/mol. The molecule has 0 saturated heterocycles. The van der Waals surface area contributed by atoms with Crippen LogP contribution in [0.1, 0.15) is 62.9 Å². The number of nitrogen functional groups attached to an aromatic ring is 1. The average molecular weight is 1150 g/mol. The summed E-state index contributed by atoms with van der Waals surface area (Å²) in [6.07, 6.45) is 0.774. The number of nitro benzene ring substituents is 2. The maximum Gasteiger partial charge on any atom is 0.417 e. The lowest BCUT2D eigenvalue weighted by Gasteiger charge is -2.17. The molecule has 9 N–H and O–H groups in total. The molecule has 0 aliphatic carbocycles. The summed E-state index contributed by atoms with van der Waals surface area (Å²) in [5.74, 6) is -3.37. The number of amides is 4. The number of non-ortho nitro benzene ring substituents is 2. The van der Waals surface area contributed by atoms with Crippen molar-refractivity contribution in [3.63, 3.8) is 0 Å². The SMILES string of the molecule is CC(C(=O)Nc1cccc2c(=O)n([C@H](C)C(N)=O)ccc12)c1ccc(Cl)c(C(F)(F)F)c1.C[C@H](C(N)=O)n1ccc2c(N)cccc2c1=O.C[C@H](C(N)=O)n1ccc2c([N+](=O)[O-])cccc2c1=O.O=c1occc2c([N+](=O)[O-])cccc12. The van der Waals surface area contributed by atoms with E-state index in [0.29, 0.717) is 32.9 Å². The van der Waals surface area contributed by atoms with E-state index >= 15 is 0 Å². The Labute approximate surface area is 464 Å². The normalized spacial score (nSPS) is 12.5. The minimum absolute atomic E-state index is 0.0876. The Morgan fingerprint density at radius 3 is 1.46 bits per heavy atom. The van der Waals surface area contributed by atoms with Gasteiger partial charge in [-0.15, -0.1) is 0 Å². The van der Waals surface area contributed by atoms with Crippen LogP contribution < -0.4 is 50.6 Å². The van der Waals surface area contributed by atoms with Crippen molar-refractivity contribution in [2.75, 3.05) is 11.1 Å². The molecule has 0 aliphatic heterocycles. The van der Waals surface area contributed by atoms with Gasteiger partial charge in [0.15, 0.2) is 0 Å². The predicted octanol–water partition coefficient (Wildman–Crippen LogP) is 7.75. The minimum atomic E-state index is -4.65. The van der Waals surface area contributed by atoms with E-state index in [0.717, 1.165) is 23.0 Å². The molecule has 0 radical (unpaired) electrons. The molecule has 0 aliphatic rings. The second-order valence-corrected chi connectivity index (χ2v) is 18.4. The summed E-state index contributed by atoms with van der Waals surface area (Å²) in [5, 5.41) is 26.5. The lowest BCUT2D eigenvalue weighted by molar-refractivity contribution is -0.383. The molecule has 424 valence electrons. The molecule has 1 unspecified atom stereocenters. The molecule has 0 bridgehead atoms. The van der Waals surface area contributed by atoms with Crippen LogP contribution in [-0.2, 0) is 25.4 Å². The van der Waals surface area contributed by atoms with E-state index in [1.165, 1.54) is 109 Å². The highest BCUT2D eigenvalue weighted by Crippen LogP contribution is 2.37. The predicted molar refractivity (Wildman–Crippen MR) is 300 cm³/mol. The molecule has 0 saturated carbocycles. The molecular formula is C55H48ClF3N10O13. The number of halogens is 4. The van der Waals surface area contributed by atoms with Crippen molar-refractivity contribution in [3.8, 4) is 0 Å². The second-order valence-electron chi connectivity index (χ2n) is 18.0. The smallest absolute Gasteiger partial charge is 0.417 e. The maximum atomic E-state index is 13.1. The second kappa shape index (κ2) is 25.1. The number of fused-ring (bicyclic) bond motifs is 4. The number of alkyl halides is 3. The Morgan fingerprint density at radius 2 is 0.988 bits per heavy atom. The van der Waals surface area contributed by atoms with E-state index < -0.39 is 91.0 Å². The van der Waals surface area contributed by atoms with Crippen LogP contribution in [0.15, 0.2) is 164 Å². The van der Waals surface area contributed by atoms with Gasteiger partial charge in [-0.05, 0) is 106 Å². The van der Waals surface area contributed by atoms with Crippen LogP contribution in [0.2, 0.25) is 5.02 Å². The highest BCUT2D eigenvalue weighted by molar-refractivity contribution is 6.31. The van der Waals surface area contributed by atoms with E-state index in [4.69, 9.17) is 34.5 Å². The van der Waals surface area contributed by atoms with Gasteiger partial charge in [-0.2, -0.15) is 13.2 Å². The first kappa shape index (κ1) is 60.7. The molecule has 4 aromatic heterocycles. The van der Waals surface area contributed by atoms with Crippen LogP contribution in [0.4, 0.5) is 35.9 Å². The van der Waals surface area contributed by atoms with Crippen molar-refractivity contribution in [3.05, 3.63) is 218 Å². The minimum Gasteiger partial charge on any atom is -0.431 e. The molecule has 9 aromatic rings. The summed E-state index contributed by atoms with van der Waals surface area (Å²) < 4.78 is 47.7. The number of benzene rings is 5. The van der Waals surface area contributed by atoms with Crippen LogP contribution >= 0.6 is 11.6 Å². The van der Waals surface area contributed by atoms with Crippen LogP contribution in [-0.4, -0.2) is 47.2 Å². The van der Waals surface area contributed by atoms with Crippen LogP contribution in [0.25, 0.3) is 43.1 Å². The van der Waals surface area contributed by atoms with E-state index in [-0.39, 0.29) is 44.0 Å². The summed E-state index contributed by atoms with van der Waals surface area (Å²) in [5.41, 5.74) is 19.3. The number of primary amides is 3. The van der Waals surface area contributed by atoms with E-state index in [1.54, 1.807) is 49.4 Å². The molecule has 5 aromatic carbocycles. The zero-order chi connectivity index (χ0) is 60.7. The molecule has 23 nitrogen and oxygen atoms in total. The molecule has 4 amide bonds. The first-order valence-corrected chi connectivity index (χ1v) is 24.5. The number of rotatable bonds is 11. The fourth-order valence-corrected chi connectivity index (χ4v) is 8.42. The number of nitro groups is 2. The van der Waals surface area contributed by atoms with Gasteiger partial charge in [-0.3, -0.25) is 53.8 Å². The molecule has 0 spiro atoms. The number of carbonyl (C=O) groups is 4. The molecule has 82 heavy (non-hydrogen) atoms. The van der Waals surface area contributed by atoms with Crippen molar-refractivity contribution in [2.45, 2.75) is 57.9 Å². The number of nitrogens with two attached hydrogens (primary N) is 4. The van der Waals surface area contributed by atoms with Gasteiger partial charge in [0, 0.05) is 63.6 Å². The van der Waals surface area contributed by atoms with Gasteiger partial charge in [-0.25, -0.2) is 4.79 Å². The van der Waals surface area contributed by atoms with Crippen LogP contribution in [0, 0.1) is 20.2 Å². The quantitative estimate of drug-likeness (QED) is 0.0470. The standard InChI is InChI=1S/C22H19ClF3N3O3.C12H11N3O4.C12H13N3O2.C9H5NO4/c1-11(13-6-7-17(23)16(10-13)22(24,25)26)20(31)28-18-5-3-4-15-14(18)8-9-29(21(15)32)12(2)19(27)30;1-7(11(13)16)14-6-5-8-9(12(14)17)3-2-4-10(8)15(18)19;1-7(11(14)16)15-6-5-8-9(12(15)17)3-2-4-10(8)13;11-9-7-2-1-3-8(10(12)13)6(7)4-5-14-9/h3-12H,1-2H3,(H2,27,30)(H,28,31);2-7H,1H3,(H2,13,16);2-7H,13H2,1H3,(H2,14,16);1-5H/t11?,12-;2*7-;/m111./s1. The molecule has 4 atom stereocenters. The molecule has 27 heteroatoms. The Balaban J connectivity index is 0.000000186. The Bertz CT molecular complexity index is 4280. The third kappa shape index (κ3) is 13.1. The van der Waals surface area contributed by atoms with E-state index in [9.17, 15) is 71.8 Å². The van der Waals surface area contributed by atoms with Crippen molar-refractivity contribution in [2.24, 2.45) is 17.2 Å². The molecular weight excluding hydrogens is 1100 g/mol. The molecule has 4 heterocycles. The highest BCUT2D eigenvalue weighted by Gasteiger charge is 2.34. The summed E-state index contributed by atoms with van der Waals surface area (Å²) in [7, 11) is 0. The van der Waals surface area contributed by atoms with Gasteiger partial charge < -0.3 is 46.4 Å². The van der Waals surface area contributed by atoms with E-state index in [2.05, 4.69) is 9.73 Å². The highest BCUT2D eigenvalue weighted by atomic mass is 35.5. The number of anilines is 2. The van der Waals surface area contributed by atoms with Crippen LogP contribution in [0.5, 0.6) is 0 Å². The third-order valence-corrected chi connectivity index (χ3v) is 13.3.